The summed E-state index contributed by atoms with van der Waals surface area (Å²) < 4.78 is 5.32. The fourth-order valence-electron chi connectivity index (χ4n) is 2.27. The third-order valence-corrected chi connectivity index (χ3v) is 3.31. The number of amides is 1. The SMILES string of the molecule is O=C1NC(C2CCOCC2)=N/C1=C/c1cccnc1. The van der Waals surface area contributed by atoms with Crippen LogP contribution >= 0.6 is 0 Å². The molecule has 3 rings (SSSR count). The molecule has 5 nitrogen and oxygen atoms in total. The monoisotopic (exact) mass is 257 g/mol. The molecule has 1 aromatic rings. The molecule has 0 aromatic carbocycles. The molecule has 19 heavy (non-hydrogen) atoms. The number of carbonyl (C=O) groups is 1. The van der Waals surface area contributed by atoms with Crippen LogP contribution in [0.15, 0.2) is 35.2 Å². The molecule has 1 N–H and O–H groups in total. The lowest BCUT2D eigenvalue weighted by Gasteiger charge is -2.21. The minimum Gasteiger partial charge on any atom is -0.381 e. The van der Waals surface area contributed by atoms with Crippen molar-refractivity contribution in [2.45, 2.75) is 12.8 Å². The lowest BCUT2D eigenvalue weighted by Crippen LogP contribution is -2.33. The van der Waals surface area contributed by atoms with Gasteiger partial charge in [0.05, 0.1) is 0 Å². The van der Waals surface area contributed by atoms with Crippen molar-refractivity contribution in [3.8, 4) is 0 Å². The van der Waals surface area contributed by atoms with Gasteiger partial charge >= 0.3 is 0 Å². The number of nitrogens with zero attached hydrogens (tertiary/aromatic N) is 2. The topological polar surface area (TPSA) is 63.6 Å². The Bertz CT molecular complexity index is 531. The summed E-state index contributed by atoms with van der Waals surface area (Å²) in [7, 11) is 0. The molecule has 1 aromatic heterocycles. The van der Waals surface area contributed by atoms with E-state index < -0.39 is 0 Å². The van der Waals surface area contributed by atoms with Crippen LogP contribution in [0.25, 0.3) is 6.08 Å². The van der Waals surface area contributed by atoms with Gasteiger partial charge in [-0.3, -0.25) is 9.78 Å². The van der Waals surface area contributed by atoms with Crippen LogP contribution in [0.1, 0.15) is 18.4 Å². The Hall–Kier alpha value is -2.01. The highest BCUT2D eigenvalue weighted by Crippen LogP contribution is 2.21. The zero-order chi connectivity index (χ0) is 13.1. The Balaban J connectivity index is 1.81. The molecule has 3 heterocycles. The fourth-order valence-corrected chi connectivity index (χ4v) is 2.27. The second-order valence-electron chi connectivity index (χ2n) is 4.65. The van der Waals surface area contributed by atoms with E-state index in [0.717, 1.165) is 37.5 Å². The van der Waals surface area contributed by atoms with Crippen molar-refractivity contribution in [1.82, 2.24) is 10.3 Å². The average Bonchev–Trinajstić information content (AvgIpc) is 2.82. The van der Waals surface area contributed by atoms with Crippen LogP contribution in [0.5, 0.6) is 0 Å². The highest BCUT2D eigenvalue weighted by atomic mass is 16.5. The van der Waals surface area contributed by atoms with Crippen molar-refractivity contribution in [1.29, 1.82) is 0 Å². The largest absolute Gasteiger partial charge is 0.381 e. The first-order chi connectivity index (χ1) is 9.33. The predicted molar refractivity (Wildman–Crippen MR) is 71.3 cm³/mol. The number of aliphatic imine (C=N–C) groups is 1. The maximum Gasteiger partial charge on any atom is 0.275 e. The molecule has 2 aliphatic rings. The number of hydrogen-bond acceptors (Lipinski definition) is 4. The number of carbonyl (C=O) groups excluding carboxylic acids is 1. The van der Waals surface area contributed by atoms with E-state index in [1.54, 1.807) is 18.5 Å². The van der Waals surface area contributed by atoms with Gasteiger partial charge in [-0.1, -0.05) is 6.07 Å². The molecule has 5 heteroatoms. The minimum atomic E-state index is -0.134. The molecular weight excluding hydrogens is 242 g/mol. The second kappa shape index (κ2) is 5.32. The van der Waals surface area contributed by atoms with Crippen molar-refractivity contribution in [3.63, 3.8) is 0 Å². The quantitative estimate of drug-likeness (QED) is 0.814. The van der Waals surface area contributed by atoms with Gasteiger partial charge in [-0.2, -0.15) is 0 Å². The maximum atomic E-state index is 11.9. The maximum absolute atomic E-state index is 11.9. The van der Waals surface area contributed by atoms with Crippen LogP contribution in [0.3, 0.4) is 0 Å². The van der Waals surface area contributed by atoms with E-state index in [0.29, 0.717) is 11.6 Å². The minimum absolute atomic E-state index is 0.134. The first-order valence-electron chi connectivity index (χ1n) is 6.42. The van der Waals surface area contributed by atoms with Crippen molar-refractivity contribution >= 4 is 17.8 Å². The van der Waals surface area contributed by atoms with Gasteiger partial charge in [0.25, 0.3) is 5.91 Å². The summed E-state index contributed by atoms with van der Waals surface area (Å²) in [6.45, 7) is 1.47. The Kier molecular flexibility index (Phi) is 3.37. The second-order valence-corrected chi connectivity index (χ2v) is 4.65. The van der Waals surface area contributed by atoms with Crippen molar-refractivity contribution in [3.05, 3.63) is 35.8 Å². The van der Waals surface area contributed by atoms with E-state index in [2.05, 4.69) is 15.3 Å². The van der Waals surface area contributed by atoms with Gasteiger partial charge in [0.1, 0.15) is 11.5 Å². The molecular formula is C14H15N3O2. The molecule has 1 amide bonds. The molecule has 0 aliphatic carbocycles. The molecule has 1 saturated heterocycles. The Morgan fingerprint density at radius 2 is 2.21 bits per heavy atom. The van der Waals surface area contributed by atoms with Gasteiger partial charge < -0.3 is 10.1 Å². The first kappa shape index (κ1) is 12.0. The van der Waals surface area contributed by atoms with Gasteiger partial charge in [-0.25, -0.2) is 4.99 Å². The van der Waals surface area contributed by atoms with E-state index in [-0.39, 0.29) is 5.91 Å². The number of pyridine rings is 1. The number of rotatable bonds is 2. The molecule has 0 atom stereocenters. The van der Waals surface area contributed by atoms with Crippen LogP contribution in [0.4, 0.5) is 0 Å². The molecule has 2 aliphatic heterocycles. The number of aromatic nitrogens is 1. The predicted octanol–water partition coefficient (Wildman–Crippen LogP) is 1.38. The standard InChI is InChI=1S/C14H15N3O2/c18-14-12(8-10-2-1-5-15-9-10)16-13(17-14)11-3-6-19-7-4-11/h1-2,5,8-9,11H,3-4,6-7H2,(H,16,17,18)/b12-8+. The number of amidine groups is 1. The van der Waals surface area contributed by atoms with Crippen LogP contribution in [-0.4, -0.2) is 29.9 Å². The highest BCUT2D eigenvalue weighted by molar-refractivity contribution is 6.15. The molecule has 1 fully saturated rings. The van der Waals surface area contributed by atoms with E-state index in [4.69, 9.17) is 4.74 Å². The van der Waals surface area contributed by atoms with Gasteiger partial charge in [0.2, 0.25) is 0 Å². The third kappa shape index (κ3) is 2.71. The normalized spacial score (nSPS) is 22.4. The summed E-state index contributed by atoms with van der Waals surface area (Å²) in [5.74, 6) is 0.950. The van der Waals surface area contributed by atoms with Crippen molar-refractivity contribution in [2.75, 3.05) is 13.2 Å². The number of nitrogens with one attached hydrogen (secondary N) is 1. The lowest BCUT2D eigenvalue weighted by atomic mass is 9.99. The smallest absolute Gasteiger partial charge is 0.275 e. The first-order valence-corrected chi connectivity index (χ1v) is 6.42. The van der Waals surface area contributed by atoms with Crippen molar-refractivity contribution < 1.29 is 9.53 Å². The summed E-state index contributed by atoms with van der Waals surface area (Å²) in [5.41, 5.74) is 1.33. The molecule has 98 valence electrons. The molecule has 0 saturated carbocycles. The summed E-state index contributed by atoms with van der Waals surface area (Å²) >= 11 is 0. The summed E-state index contributed by atoms with van der Waals surface area (Å²) in [4.78, 5) is 20.3. The summed E-state index contributed by atoms with van der Waals surface area (Å²) in [5, 5.41) is 2.86. The molecule has 0 unspecified atom stereocenters. The lowest BCUT2D eigenvalue weighted by molar-refractivity contribution is -0.115. The van der Waals surface area contributed by atoms with E-state index in [1.165, 1.54) is 0 Å². The molecule has 0 bridgehead atoms. The van der Waals surface area contributed by atoms with Crippen LogP contribution in [-0.2, 0) is 9.53 Å². The number of ether oxygens (including phenoxy) is 1. The van der Waals surface area contributed by atoms with Crippen LogP contribution in [0.2, 0.25) is 0 Å². The fraction of sp³-hybridized carbons (Fsp3) is 0.357. The number of hydrogen-bond donors (Lipinski definition) is 1. The van der Waals surface area contributed by atoms with Gasteiger partial charge in [0, 0.05) is 31.5 Å². The Morgan fingerprint density at radius 3 is 2.95 bits per heavy atom. The summed E-state index contributed by atoms with van der Waals surface area (Å²) in [6.07, 6.45) is 7.00. The van der Waals surface area contributed by atoms with E-state index >= 15 is 0 Å². The van der Waals surface area contributed by atoms with Crippen LogP contribution in [0, 0.1) is 5.92 Å². The van der Waals surface area contributed by atoms with Gasteiger partial charge in [-0.15, -0.1) is 0 Å². The Labute approximate surface area is 111 Å². The van der Waals surface area contributed by atoms with E-state index in [1.807, 2.05) is 12.1 Å². The average molecular weight is 257 g/mol. The van der Waals surface area contributed by atoms with Crippen LogP contribution < -0.4 is 5.32 Å². The van der Waals surface area contributed by atoms with Crippen molar-refractivity contribution in [2.24, 2.45) is 10.9 Å². The molecule has 0 spiro atoms. The Morgan fingerprint density at radius 1 is 1.37 bits per heavy atom. The summed E-state index contributed by atoms with van der Waals surface area (Å²) in [6, 6.07) is 3.73. The van der Waals surface area contributed by atoms with E-state index in [9.17, 15) is 4.79 Å². The zero-order valence-corrected chi connectivity index (χ0v) is 10.5. The molecule has 0 radical (unpaired) electrons. The van der Waals surface area contributed by atoms with Gasteiger partial charge in [-0.05, 0) is 30.5 Å². The third-order valence-electron chi connectivity index (χ3n) is 3.31. The van der Waals surface area contributed by atoms with Gasteiger partial charge in [0.15, 0.2) is 0 Å². The highest BCUT2D eigenvalue weighted by Gasteiger charge is 2.27. The zero-order valence-electron chi connectivity index (χ0n) is 10.5.